The summed E-state index contributed by atoms with van der Waals surface area (Å²) in [6.07, 6.45) is 0. The van der Waals surface area contributed by atoms with Crippen molar-refractivity contribution in [3.8, 4) is 0 Å². The van der Waals surface area contributed by atoms with Crippen molar-refractivity contribution < 1.29 is 18.1 Å². The van der Waals surface area contributed by atoms with E-state index < -0.39 is 0 Å². The molecule has 0 aliphatic heterocycles. The minimum atomic E-state index is 0. The summed E-state index contributed by atoms with van der Waals surface area (Å²) in [7, 11) is 0. The first-order valence-corrected chi connectivity index (χ1v) is 4.09. The van der Waals surface area contributed by atoms with Gasteiger partial charge in [0.15, 0.2) is 0 Å². The van der Waals surface area contributed by atoms with E-state index in [1.807, 2.05) is 0 Å². The number of rotatable bonds is 0. The van der Waals surface area contributed by atoms with Crippen LogP contribution in [0.1, 0.15) is 5.56 Å². The number of benzene rings is 2. The second-order valence-electron chi connectivity index (χ2n) is 3.08. The van der Waals surface area contributed by atoms with Crippen LogP contribution >= 0.6 is 0 Å². The standard InChI is InChI=1S/C11H11N.ClH/c1-8-6-7-9-4-2-3-5-10(9)11(8)12;/h2-7H,12H2,1H3;1H. The molecule has 68 valence electrons. The lowest BCUT2D eigenvalue weighted by Crippen LogP contribution is -3.00. The van der Waals surface area contributed by atoms with E-state index in [9.17, 15) is 0 Å². The molecule has 0 amide bonds. The van der Waals surface area contributed by atoms with Gasteiger partial charge in [-0.1, -0.05) is 30.3 Å². The summed E-state index contributed by atoms with van der Waals surface area (Å²) < 4.78 is 0. The maximum absolute atomic E-state index is 4.05. The molecule has 0 saturated carbocycles. The van der Waals surface area contributed by atoms with Gasteiger partial charge in [0.05, 0.1) is 0 Å². The quantitative estimate of drug-likeness (QED) is 0.558. The zero-order valence-electron chi connectivity index (χ0n) is 7.55. The van der Waals surface area contributed by atoms with E-state index in [0.717, 1.165) is 5.69 Å². The number of hydrogen-bond acceptors (Lipinski definition) is 0. The number of aryl methyl sites for hydroxylation is 1. The second kappa shape index (κ2) is 3.77. The summed E-state index contributed by atoms with van der Waals surface area (Å²) in [5, 5.41) is 2.53. The smallest absolute Gasteiger partial charge is 0.138 e. The fraction of sp³-hybridized carbons (Fsp3) is 0.0909. The molecule has 0 aromatic heterocycles. The summed E-state index contributed by atoms with van der Waals surface area (Å²) in [4.78, 5) is 0. The average molecular weight is 194 g/mol. The predicted octanol–water partition coefficient (Wildman–Crippen LogP) is -0.974. The molecule has 0 saturated heterocycles. The van der Waals surface area contributed by atoms with Gasteiger partial charge in [0.1, 0.15) is 5.69 Å². The van der Waals surface area contributed by atoms with Crippen LogP contribution in [0.5, 0.6) is 0 Å². The topological polar surface area (TPSA) is 27.6 Å². The third kappa shape index (κ3) is 1.67. The summed E-state index contributed by atoms with van der Waals surface area (Å²) >= 11 is 0. The lowest BCUT2D eigenvalue weighted by atomic mass is 10.1. The van der Waals surface area contributed by atoms with E-state index in [4.69, 9.17) is 0 Å². The number of halogens is 1. The number of hydrogen-bond donors (Lipinski definition) is 1. The van der Waals surface area contributed by atoms with E-state index in [2.05, 4.69) is 49.1 Å². The highest BCUT2D eigenvalue weighted by atomic mass is 35.5. The molecule has 2 aromatic rings. The van der Waals surface area contributed by atoms with Gasteiger partial charge in [0, 0.05) is 10.9 Å². The maximum Gasteiger partial charge on any atom is 0.138 e. The zero-order chi connectivity index (χ0) is 8.55. The van der Waals surface area contributed by atoms with Crippen LogP contribution in [0.2, 0.25) is 0 Å². The molecule has 2 heteroatoms. The maximum atomic E-state index is 4.05. The number of fused-ring (bicyclic) bond motifs is 1. The minimum Gasteiger partial charge on any atom is -1.00 e. The normalized spacial score (nSPS) is 9.69. The Morgan fingerprint density at radius 3 is 2.46 bits per heavy atom. The molecular weight excluding hydrogens is 182 g/mol. The predicted molar refractivity (Wildman–Crippen MR) is 51.2 cm³/mol. The third-order valence-electron chi connectivity index (χ3n) is 2.27. The van der Waals surface area contributed by atoms with E-state index in [0.29, 0.717) is 0 Å². The Morgan fingerprint density at radius 2 is 1.69 bits per heavy atom. The monoisotopic (exact) mass is 193 g/mol. The molecule has 0 aliphatic rings. The van der Waals surface area contributed by atoms with Gasteiger partial charge >= 0.3 is 0 Å². The molecule has 2 rings (SSSR count). The second-order valence-corrected chi connectivity index (χ2v) is 3.08. The molecule has 0 unspecified atom stereocenters. The average Bonchev–Trinajstić information content (AvgIpc) is 2.12. The van der Waals surface area contributed by atoms with Crippen molar-refractivity contribution in [2.45, 2.75) is 6.92 Å². The Balaban J connectivity index is 0.000000845. The molecule has 0 spiro atoms. The van der Waals surface area contributed by atoms with Crippen LogP contribution in [-0.4, -0.2) is 0 Å². The zero-order valence-corrected chi connectivity index (χ0v) is 8.31. The van der Waals surface area contributed by atoms with E-state index >= 15 is 0 Å². The van der Waals surface area contributed by atoms with Crippen LogP contribution in [-0.2, 0) is 0 Å². The molecule has 0 heterocycles. The first kappa shape index (κ1) is 10.0. The van der Waals surface area contributed by atoms with Gasteiger partial charge in [0.25, 0.3) is 0 Å². The lowest BCUT2D eigenvalue weighted by molar-refractivity contribution is -0.253. The highest BCUT2D eigenvalue weighted by Crippen LogP contribution is 2.22. The van der Waals surface area contributed by atoms with Crippen molar-refractivity contribution >= 4 is 16.5 Å². The molecule has 0 radical (unpaired) electrons. The Kier molecular flexibility index (Phi) is 2.91. The van der Waals surface area contributed by atoms with Gasteiger partial charge in [-0.2, -0.15) is 0 Å². The lowest BCUT2D eigenvalue weighted by Gasteiger charge is -2.00. The van der Waals surface area contributed by atoms with Crippen LogP contribution < -0.4 is 18.1 Å². The first-order valence-electron chi connectivity index (χ1n) is 4.09. The summed E-state index contributed by atoms with van der Waals surface area (Å²) in [6.45, 7) is 2.09. The van der Waals surface area contributed by atoms with Gasteiger partial charge < -0.3 is 18.1 Å². The third-order valence-corrected chi connectivity index (χ3v) is 2.27. The highest BCUT2D eigenvalue weighted by Gasteiger charge is 2.01. The van der Waals surface area contributed by atoms with E-state index in [1.165, 1.54) is 16.3 Å². The summed E-state index contributed by atoms with van der Waals surface area (Å²) in [5.74, 6) is 0. The Labute approximate surface area is 84.0 Å². The summed E-state index contributed by atoms with van der Waals surface area (Å²) in [5.41, 5.74) is 6.45. The molecule has 3 N–H and O–H groups in total. The van der Waals surface area contributed by atoms with Gasteiger partial charge in [0.2, 0.25) is 0 Å². The molecule has 13 heavy (non-hydrogen) atoms. The number of quaternary nitrogens is 1. The van der Waals surface area contributed by atoms with E-state index in [-0.39, 0.29) is 12.4 Å². The fourth-order valence-corrected chi connectivity index (χ4v) is 1.44. The molecule has 1 nitrogen and oxygen atoms in total. The molecule has 2 aromatic carbocycles. The van der Waals surface area contributed by atoms with Crippen LogP contribution in [0.3, 0.4) is 0 Å². The van der Waals surface area contributed by atoms with Crippen LogP contribution in [0, 0.1) is 6.92 Å². The first-order chi connectivity index (χ1) is 5.79. The Hall–Kier alpha value is -1.05. The largest absolute Gasteiger partial charge is 1.00 e. The van der Waals surface area contributed by atoms with Crippen molar-refractivity contribution in [3.05, 3.63) is 42.0 Å². The van der Waals surface area contributed by atoms with Crippen molar-refractivity contribution in [1.82, 2.24) is 0 Å². The van der Waals surface area contributed by atoms with Crippen molar-refractivity contribution in [1.29, 1.82) is 0 Å². The molecule has 0 bridgehead atoms. The SMILES string of the molecule is Cc1ccc2ccccc2c1[NH3+].[Cl-]. The van der Waals surface area contributed by atoms with Crippen LogP contribution in [0.4, 0.5) is 5.69 Å². The van der Waals surface area contributed by atoms with E-state index in [1.54, 1.807) is 0 Å². The molecule has 0 atom stereocenters. The van der Waals surface area contributed by atoms with Crippen molar-refractivity contribution in [3.63, 3.8) is 0 Å². The van der Waals surface area contributed by atoms with Gasteiger partial charge in [-0.3, -0.25) is 0 Å². The van der Waals surface area contributed by atoms with Gasteiger partial charge in [-0.05, 0) is 18.4 Å². The van der Waals surface area contributed by atoms with Gasteiger partial charge in [-0.15, -0.1) is 0 Å². The fourth-order valence-electron chi connectivity index (χ4n) is 1.44. The highest BCUT2D eigenvalue weighted by molar-refractivity contribution is 5.91. The van der Waals surface area contributed by atoms with Crippen LogP contribution in [0.25, 0.3) is 10.8 Å². The minimum absolute atomic E-state index is 0. The van der Waals surface area contributed by atoms with Crippen molar-refractivity contribution in [2.24, 2.45) is 0 Å². The van der Waals surface area contributed by atoms with Gasteiger partial charge in [-0.25, -0.2) is 0 Å². The van der Waals surface area contributed by atoms with Crippen LogP contribution in [0.15, 0.2) is 36.4 Å². The molecular formula is C11H12ClN. The molecule has 0 fully saturated rings. The Bertz CT molecular complexity index is 423. The Morgan fingerprint density at radius 1 is 1.00 bits per heavy atom. The van der Waals surface area contributed by atoms with Crippen molar-refractivity contribution in [2.75, 3.05) is 0 Å². The summed E-state index contributed by atoms with van der Waals surface area (Å²) in [6, 6.07) is 12.6. The molecule has 0 aliphatic carbocycles.